The number of amides is 2. The summed E-state index contributed by atoms with van der Waals surface area (Å²) in [6.45, 7) is 2.29. The molecule has 0 spiro atoms. The minimum atomic E-state index is -0.895. The third-order valence-corrected chi connectivity index (χ3v) is 5.92. The summed E-state index contributed by atoms with van der Waals surface area (Å²) >= 11 is 0. The first-order chi connectivity index (χ1) is 16.4. The Morgan fingerprint density at radius 1 is 0.941 bits per heavy atom. The Kier molecular flexibility index (Phi) is 6.92. The molecule has 0 heterocycles. The van der Waals surface area contributed by atoms with Crippen LogP contribution in [0.4, 0.5) is 10.5 Å². The monoisotopic (exact) mass is 458 g/mol. The van der Waals surface area contributed by atoms with E-state index in [4.69, 9.17) is 9.84 Å². The standard InChI is InChI=1S/C27H26N2O5/c1-17-15-18(26(32)28-14-6-11-25(30)31)12-13-24(17)29-27(33)34-16-23-21-9-4-2-7-19(21)20-8-3-5-10-22(20)23/h2-5,7-10,12-13,15,23H,6,11,14,16H2,1H3,(H,28,32)(H,29,33)(H,30,31). The topological polar surface area (TPSA) is 105 Å². The highest BCUT2D eigenvalue weighted by Crippen LogP contribution is 2.44. The average molecular weight is 459 g/mol. The van der Waals surface area contributed by atoms with Crippen molar-refractivity contribution in [2.24, 2.45) is 0 Å². The lowest BCUT2D eigenvalue weighted by atomic mass is 9.98. The Hall–Kier alpha value is -4.13. The fraction of sp³-hybridized carbons (Fsp3) is 0.222. The average Bonchev–Trinajstić information content (AvgIpc) is 3.15. The summed E-state index contributed by atoms with van der Waals surface area (Å²) in [6.07, 6.45) is -0.195. The second-order valence-corrected chi connectivity index (χ2v) is 8.23. The molecule has 1 aliphatic carbocycles. The van der Waals surface area contributed by atoms with Crippen molar-refractivity contribution in [1.82, 2.24) is 5.32 Å². The summed E-state index contributed by atoms with van der Waals surface area (Å²) in [5, 5.41) is 14.1. The number of hydrogen-bond donors (Lipinski definition) is 3. The number of carboxylic acids is 1. The second-order valence-electron chi connectivity index (χ2n) is 8.23. The van der Waals surface area contributed by atoms with E-state index in [1.165, 1.54) is 11.1 Å². The van der Waals surface area contributed by atoms with Crippen LogP contribution in [0, 0.1) is 6.92 Å². The predicted octanol–water partition coefficient (Wildman–Crippen LogP) is 4.95. The van der Waals surface area contributed by atoms with Crippen LogP contribution in [0.25, 0.3) is 11.1 Å². The Balaban J connectivity index is 1.35. The van der Waals surface area contributed by atoms with Gasteiger partial charge in [-0.15, -0.1) is 0 Å². The number of fused-ring (bicyclic) bond motifs is 3. The summed E-state index contributed by atoms with van der Waals surface area (Å²) in [5.41, 5.74) is 6.33. The van der Waals surface area contributed by atoms with E-state index < -0.39 is 12.1 Å². The molecule has 0 saturated carbocycles. The summed E-state index contributed by atoms with van der Waals surface area (Å²) in [4.78, 5) is 35.3. The van der Waals surface area contributed by atoms with Crippen LogP contribution in [0.1, 0.15) is 45.8 Å². The molecule has 0 radical (unpaired) electrons. The van der Waals surface area contributed by atoms with Gasteiger partial charge in [-0.25, -0.2) is 4.79 Å². The summed E-state index contributed by atoms with van der Waals surface area (Å²) in [7, 11) is 0. The van der Waals surface area contributed by atoms with Crippen LogP contribution in [-0.2, 0) is 9.53 Å². The molecule has 0 aromatic heterocycles. The number of carboxylic acid groups (broad SMARTS) is 1. The number of hydrogen-bond acceptors (Lipinski definition) is 4. The van der Waals surface area contributed by atoms with E-state index in [0.29, 0.717) is 23.2 Å². The Morgan fingerprint density at radius 3 is 2.21 bits per heavy atom. The van der Waals surface area contributed by atoms with Gasteiger partial charge in [-0.1, -0.05) is 48.5 Å². The van der Waals surface area contributed by atoms with Gasteiger partial charge in [0.1, 0.15) is 6.61 Å². The SMILES string of the molecule is Cc1cc(C(=O)NCCCC(=O)O)ccc1NC(=O)OCC1c2ccccc2-c2ccccc21. The van der Waals surface area contributed by atoms with Crippen molar-refractivity contribution in [3.8, 4) is 11.1 Å². The molecule has 3 aromatic rings. The Morgan fingerprint density at radius 2 is 1.59 bits per heavy atom. The molecule has 7 heteroatoms. The lowest BCUT2D eigenvalue weighted by Gasteiger charge is -2.15. The van der Waals surface area contributed by atoms with Gasteiger partial charge in [0, 0.05) is 30.1 Å². The van der Waals surface area contributed by atoms with Gasteiger partial charge in [-0.05, 0) is 59.4 Å². The molecule has 0 saturated heterocycles. The maximum absolute atomic E-state index is 12.5. The van der Waals surface area contributed by atoms with E-state index in [0.717, 1.165) is 11.1 Å². The molecule has 3 aromatic carbocycles. The maximum Gasteiger partial charge on any atom is 0.411 e. The molecule has 3 N–H and O–H groups in total. The van der Waals surface area contributed by atoms with Crippen molar-refractivity contribution in [2.45, 2.75) is 25.7 Å². The number of anilines is 1. The number of nitrogens with one attached hydrogen (secondary N) is 2. The molecule has 1 aliphatic rings. The molecule has 174 valence electrons. The van der Waals surface area contributed by atoms with E-state index >= 15 is 0 Å². The van der Waals surface area contributed by atoms with Gasteiger partial charge >= 0.3 is 12.1 Å². The molecule has 7 nitrogen and oxygen atoms in total. The summed E-state index contributed by atoms with van der Waals surface area (Å²) in [6, 6.07) is 21.2. The maximum atomic E-state index is 12.5. The van der Waals surface area contributed by atoms with Gasteiger partial charge in [-0.2, -0.15) is 0 Å². The second kappa shape index (κ2) is 10.2. The number of carbonyl (C=O) groups excluding carboxylic acids is 2. The number of aryl methyl sites for hydroxylation is 1. The van der Waals surface area contributed by atoms with E-state index in [-0.39, 0.29) is 31.4 Å². The van der Waals surface area contributed by atoms with Gasteiger partial charge in [0.15, 0.2) is 0 Å². The van der Waals surface area contributed by atoms with E-state index in [2.05, 4.69) is 34.9 Å². The van der Waals surface area contributed by atoms with Crippen molar-refractivity contribution in [2.75, 3.05) is 18.5 Å². The zero-order chi connectivity index (χ0) is 24.1. The highest BCUT2D eigenvalue weighted by molar-refractivity contribution is 5.95. The van der Waals surface area contributed by atoms with Crippen LogP contribution >= 0.6 is 0 Å². The Bertz CT molecular complexity index is 1190. The first-order valence-corrected chi connectivity index (χ1v) is 11.2. The lowest BCUT2D eigenvalue weighted by Crippen LogP contribution is -2.25. The largest absolute Gasteiger partial charge is 0.481 e. The van der Waals surface area contributed by atoms with Crippen LogP contribution < -0.4 is 10.6 Å². The van der Waals surface area contributed by atoms with Crippen LogP contribution in [0.15, 0.2) is 66.7 Å². The fourth-order valence-electron chi connectivity index (χ4n) is 4.23. The molecule has 0 fully saturated rings. The summed E-state index contributed by atoms with van der Waals surface area (Å²) < 4.78 is 5.58. The summed E-state index contributed by atoms with van der Waals surface area (Å²) in [5.74, 6) is -1.21. The molecule has 2 amide bonds. The van der Waals surface area contributed by atoms with Crippen molar-refractivity contribution in [1.29, 1.82) is 0 Å². The lowest BCUT2D eigenvalue weighted by molar-refractivity contribution is -0.137. The fourth-order valence-corrected chi connectivity index (χ4v) is 4.23. The van der Waals surface area contributed by atoms with Crippen LogP contribution in [0.5, 0.6) is 0 Å². The molecule has 0 atom stereocenters. The number of ether oxygens (including phenoxy) is 1. The van der Waals surface area contributed by atoms with Crippen molar-refractivity contribution < 1.29 is 24.2 Å². The Labute approximate surface area is 197 Å². The molecule has 0 bridgehead atoms. The van der Waals surface area contributed by atoms with Gasteiger partial charge in [0.25, 0.3) is 5.91 Å². The smallest absolute Gasteiger partial charge is 0.411 e. The molecule has 0 unspecified atom stereocenters. The van der Waals surface area contributed by atoms with E-state index in [9.17, 15) is 14.4 Å². The third kappa shape index (κ3) is 5.09. The highest BCUT2D eigenvalue weighted by Gasteiger charge is 2.29. The van der Waals surface area contributed by atoms with Crippen molar-refractivity contribution in [3.63, 3.8) is 0 Å². The van der Waals surface area contributed by atoms with E-state index in [1.807, 2.05) is 24.3 Å². The first kappa shape index (κ1) is 23.0. The minimum absolute atomic E-state index is 0.00229. The molecular weight excluding hydrogens is 432 g/mol. The van der Waals surface area contributed by atoms with Crippen molar-refractivity contribution in [3.05, 3.63) is 89.0 Å². The number of benzene rings is 3. The highest BCUT2D eigenvalue weighted by atomic mass is 16.5. The zero-order valence-corrected chi connectivity index (χ0v) is 18.8. The predicted molar refractivity (Wildman–Crippen MR) is 129 cm³/mol. The van der Waals surface area contributed by atoms with Gasteiger partial charge < -0.3 is 15.2 Å². The zero-order valence-electron chi connectivity index (χ0n) is 18.8. The van der Waals surface area contributed by atoms with Crippen molar-refractivity contribution >= 4 is 23.7 Å². The van der Waals surface area contributed by atoms with Gasteiger partial charge in [0.05, 0.1) is 0 Å². The van der Waals surface area contributed by atoms with Crippen LogP contribution in [0.3, 0.4) is 0 Å². The van der Waals surface area contributed by atoms with Gasteiger partial charge in [-0.3, -0.25) is 14.9 Å². The molecule has 4 rings (SSSR count). The van der Waals surface area contributed by atoms with Crippen LogP contribution in [-0.4, -0.2) is 36.2 Å². The van der Waals surface area contributed by atoms with Crippen LogP contribution in [0.2, 0.25) is 0 Å². The number of aliphatic carboxylic acids is 1. The minimum Gasteiger partial charge on any atom is -0.481 e. The first-order valence-electron chi connectivity index (χ1n) is 11.2. The quantitative estimate of drug-likeness (QED) is 0.414. The third-order valence-electron chi connectivity index (χ3n) is 5.92. The number of rotatable bonds is 8. The normalized spacial score (nSPS) is 11.9. The molecular formula is C27H26N2O5. The van der Waals surface area contributed by atoms with E-state index in [1.54, 1.807) is 25.1 Å². The molecule has 34 heavy (non-hydrogen) atoms. The number of carbonyl (C=O) groups is 3. The molecule has 0 aliphatic heterocycles. The van der Waals surface area contributed by atoms with Gasteiger partial charge in [0.2, 0.25) is 0 Å².